The number of hydrogen-bond acceptors (Lipinski definition) is 4. The van der Waals surface area contributed by atoms with Crippen LogP contribution in [0.2, 0.25) is 0 Å². The minimum atomic E-state index is -4.61. The zero-order valence-electron chi connectivity index (χ0n) is 11.1. The van der Waals surface area contributed by atoms with Gasteiger partial charge in [0.2, 0.25) is 0 Å². The Labute approximate surface area is 118 Å². The van der Waals surface area contributed by atoms with Crippen molar-refractivity contribution in [3.05, 3.63) is 28.1 Å². The van der Waals surface area contributed by atoms with Crippen LogP contribution in [0.25, 0.3) is 0 Å². The lowest BCUT2D eigenvalue weighted by Crippen LogP contribution is -2.19. The van der Waals surface area contributed by atoms with Gasteiger partial charge in [-0.25, -0.2) is 4.98 Å². The second-order valence-corrected chi connectivity index (χ2v) is 5.83. The number of nitrogens with one attached hydrogen (secondary N) is 1. The van der Waals surface area contributed by atoms with Crippen LogP contribution in [0.3, 0.4) is 0 Å². The Morgan fingerprint density at radius 1 is 1.43 bits per heavy atom. The lowest BCUT2D eigenvalue weighted by atomic mass is 10.0. The number of hydrogen-bond donors (Lipinski definition) is 1. The van der Waals surface area contributed by atoms with Gasteiger partial charge >= 0.3 is 11.9 Å². The molecule has 3 rings (SSSR count). The predicted molar refractivity (Wildman–Crippen MR) is 68.8 cm³/mol. The summed E-state index contributed by atoms with van der Waals surface area (Å²) in [6.45, 7) is 0.486. The molecule has 2 aliphatic carbocycles. The molecule has 0 bridgehead atoms. The van der Waals surface area contributed by atoms with Gasteiger partial charge in [0, 0.05) is 6.54 Å². The van der Waals surface area contributed by atoms with E-state index in [-0.39, 0.29) is 11.1 Å². The molecule has 0 amide bonds. The summed E-state index contributed by atoms with van der Waals surface area (Å²) < 4.78 is 38.0. The molecule has 0 atom stereocenters. The molecular formula is C13H14F3N3O2. The number of anilines is 1. The molecule has 0 aliphatic heterocycles. The fourth-order valence-electron chi connectivity index (χ4n) is 2.75. The summed E-state index contributed by atoms with van der Waals surface area (Å²) in [4.78, 5) is 13.3. The highest BCUT2D eigenvalue weighted by atomic mass is 19.4. The minimum absolute atomic E-state index is 0.103. The number of rotatable bonds is 5. The normalized spacial score (nSPS) is 20.1. The highest BCUT2D eigenvalue weighted by Crippen LogP contribution is 2.61. The van der Waals surface area contributed by atoms with E-state index < -0.39 is 22.5 Å². The molecule has 5 nitrogen and oxygen atoms in total. The van der Waals surface area contributed by atoms with Crippen LogP contribution < -0.4 is 5.32 Å². The van der Waals surface area contributed by atoms with Crippen molar-refractivity contribution in [2.45, 2.75) is 31.9 Å². The van der Waals surface area contributed by atoms with Crippen LogP contribution in [0.5, 0.6) is 0 Å². The van der Waals surface area contributed by atoms with Crippen LogP contribution in [0, 0.1) is 21.4 Å². The summed E-state index contributed by atoms with van der Waals surface area (Å²) in [5.74, 6) is 0.618. The summed E-state index contributed by atoms with van der Waals surface area (Å²) in [5.41, 5.74) is -1.51. The molecule has 1 aromatic rings. The van der Waals surface area contributed by atoms with E-state index in [0.29, 0.717) is 18.7 Å². The van der Waals surface area contributed by atoms with E-state index in [1.165, 1.54) is 0 Å². The third-order valence-corrected chi connectivity index (χ3v) is 4.34. The molecule has 2 aliphatic rings. The first kappa shape index (κ1) is 14.1. The summed E-state index contributed by atoms with van der Waals surface area (Å²) in [6, 6.07) is 0.723. The lowest BCUT2D eigenvalue weighted by molar-refractivity contribution is -0.384. The Morgan fingerprint density at radius 2 is 2.10 bits per heavy atom. The quantitative estimate of drug-likeness (QED) is 0.666. The zero-order chi connectivity index (χ0) is 15.3. The highest BCUT2D eigenvalue weighted by molar-refractivity contribution is 5.61. The predicted octanol–water partition coefficient (Wildman–Crippen LogP) is 3.61. The number of nitrogens with zero attached hydrogens (tertiary/aromatic N) is 2. The van der Waals surface area contributed by atoms with E-state index >= 15 is 0 Å². The van der Waals surface area contributed by atoms with E-state index in [1.54, 1.807) is 0 Å². The maximum absolute atomic E-state index is 12.7. The molecule has 0 spiro atoms. The van der Waals surface area contributed by atoms with Gasteiger partial charge in [0.1, 0.15) is 17.6 Å². The van der Waals surface area contributed by atoms with E-state index in [9.17, 15) is 23.3 Å². The number of halogens is 3. The van der Waals surface area contributed by atoms with Gasteiger partial charge < -0.3 is 5.32 Å². The molecule has 114 valence electrons. The number of pyridine rings is 1. The monoisotopic (exact) mass is 301 g/mol. The second-order valence-electron chi connectivity index (χ2n) is 5.83. The fourth-order valence-corrected chi connectivity index (χ4v) is 2.75. The van der Waals surface area contributed by atoms with Gasteiger partial charge in [-0.15, -0.1) is 0 Å². The first-order valence-electron chi connectivity index (χ1n) is 6.77. The Bertz CT molecular complexity index is 581. The highest BCUT2D eigenvalue weighted by Gasteiger charge is 2.53. The zero-order valence-corrected chi connectivity index (χ0v) is 11.1. The van der Waals surface area contributed by atoms with Crippen molar-refractivity contribution >= 4 is 11.4 Å². The SMILES string of the molecule is O=[N+]([O-])c1cnc(C(F)(F)F)cc1NCC1(C2CC2)CC1. The third kappa shape index (κ3) is 2.79. The van der Waals surface area contributed by atoms with Crippen molar-refractivity contribution in [1.82, 2.24) is 4.98 Å². The van der Waals surface area contributed by atoms with E-state index in [1.807, 2.05) is 0 Å². The molecule has 8 heteroatoms. The molecular weight excluding hydrogens is 287 g/mol. The molecule has 0 unspecified atom stereocenters. The Kier molecular flexibility index (Phi) is 3.07. The average Bonchev–Trinajstić information content (AvgIpc) is 3.25. The summed E-state index contributed by atoms with van der Waals surface area (Å²) in [5, 5.41) is 13.8. The molecule has 21 heavy (non-hydrogen) atoms. The van der Waals surface area contributed by atoms with Gasteiger partial charge in [-0.2, -0.15) is 13.2 Å². The standard InChI is InChI=1S/C13H14F3N3O2/c14-13(15,16)11-5-9(10(6-17-11)19(20)21)18-7-12(3-4-12)8-1-2-8/h5-6,8H,1-4,7H2,(H,17,18). The van der Waals surface area contributed by atoms with Crippen LogP contribution in [0.4, 0.5) is 24.5 Å². The van der Waals surface area contributed by atoms with Crippen molar-refractivity contribution in [3.8, 4) is 0 Å². The fraction of sp³-hybridized carbons (Fsp3) is 0.615. The molecule has 0 aromatic carbocycles. The van der Waals surface area contributed by atoms with E-state index in [2.05, 4.69) is 10.3 Å². The smallest absolute Gasteiger partial charge is 0.379 e. The molecule has 1 heterocycles. The molecule has 0 saturated heterocycles. The third-order valence-electron chi connectivity index (χ3n) is 4.34. The Morgan fingerprint density at radius 3 is 2.57 bits per heavy atom. The van der Waals surface area contributed by atoms with E-state index in [4.69, 9.17) is 0 Å². The van der Waals surface area contributed by atoms with E-state index in [0.717, 1.165) is 31.7 Å². The van der Waals surface area contributed by atoms with Crippen molar-refractivity contribution in [1.29, 1.82) is 0 Å². The molecule has 1 aromatic heterocycles. The molecule has 2 fully saturated rings. The summed E-state index contributed by atoms with van der Waals surface area (Å²) in [7, 11) is 0. The molecule has 1 N–H and O–H groups in total. The second kappa shape index (κ2) is 4.57. The maximum atomic E-state index is 12.7. The van der Waals surface area contributed by atoms with Gasteiger partial charge in [0.25, 0.3) is 0 Å². The van der Waals surface area contributed by atoms with Crippen molar-refractivity contribution in [2.24, 2.45) is 11.3 Å². The minimum Gasteiger partial charge on any atom is -0.379 e. The van der Waals surface area contributed by atoms with Gasteiger partial charge in [-0.05, 0) is 43.1 Å². The van der Waals surface area contributed by atoms with Gasteiger partial charge in [0.15, 0.2) is 0 Å². The van der Waals surface area contributed by atoms with Crippen molar-refractivity contribution < 1.29 is 18.1 Å². The first-order chi connectivity index (χ1) is 9.82. The van der Waals surface area contributed by atoms with Crippen LogP contribution in [-0.2, 0) is 6.18 Å². The van der Waals surface area contributed by atoms with Crippen molar-refractivity contribution in [2.75, 3.05) is 11.9 Å². The number of aromatic nitrogens is 1. The largest absolute Gasteiger partial charge is 0.433 e. The summed E-state index contributed by atoms with van der Waals surface area (Å²) >= 11 is 0. The molecule has 2 saturated carbocycles. The van der Waals surface area contributed by atoms with Crippen molar-refractivity contribution in [3.63, 3.8) is 0 Å². The Hall–Kier alpha value is -1.86. The van der Waals surface area contributed by atoms with Crippen LogP contribution in [-0.4, -0.2) is 16.5 Å². The van der Waals surface area contributed by atoms with Gasteiger partial charge in [0.05, 0.1) is 4.92 Å². The van der Waals surface area contributed by atoms with Crippen LogP contribution in [0.1, 0.15) is 31.4 Å². The summed E-state index contributed by atoms with van der Waals surface area (Å²) in [6.07, 6.45) is 0.425. The number of alkyl halides is 3. The first-order valence-corrected chi connectivity index (χ1v) is 6.77. The maximum Gasteiger partial charge on any atom is 0.433 e. The number of nitro groups is 1. The lowest BCUT2D eigenvalue weighted by Gasteiger charge is -2.16. The van der Waals surface area contributed by atoms with Crippen LogP contribution >= 0.6 is 0 Å². The van der Waals surface area contributed by atoms with Gasteiger partial charge in [-0.3, -0.25) is 10.1 Å². The molecule has 0 radical (unpaired) electrons. The topological polar surface area (TPSA) is 68.1 Å². The average molecular weight is 301 g/mol. The Balaban J connectivity index is 1.82. The van der Waals surface area contributed by atoms with Gasteiger partial charge in [-0.1, -0.05) is 0 Å². The van der Waals surface area contributed by atoms with Crippen LogP contribution in [0.15, 0.2) is 12.3 Å².